The number of halogens is 1. The zero-order chi connectivity index (χ0) is 9.47. The van der Waals surface area contributed by atoms with Crippen molar-refractivity contribution in [1.82, 2.24) is 0 Å². The van der Waals surface area contributed by atoms with E-state index in [0.29, 0.717) is 6.42 Å². The van der Waals surface area contributed by atoms with Crippen LogP contribution in [0.5, 0.6) is 0 Å². The molecule has 0 saturated carbocycles. The monoisotopic (exact) mass is 196 g/mol. The molecule has 1 unspecified atom stereocenters. The fourth-order valence-corrected chi connectivity index (χ4v) is 2.96. The summed E-state index contributed by atoms with van der Waals surface area (Å²) in [5, 5.41) is 0. The Morgan fingerprint density at radius 3 is 3.00 bits per heavy atom. The van der Waals surface area contributed by atoms with Gasteiger partial charge in [0.15, 0.2) is 0 Å². The van der Waals surface area contributed by atoms with E-state index in [0.717, 1.165) is 21.8 Å². The molecule has 1 aliphatic heterocycles. The number of hydrogen-bond acceptors (Lipinski definition) is 1. The van der Waals surface area contributed by atoms with Gasteiger partial charge < -0.3 is 0 Å². The van der Waals surface area contributed by atoms with Crippen LogP contribution in [-0.4, -0.2) is 5.75 Å². The van der Waals surface area contributed by atoms with Gasteiger partial charge in [0.1, 0.15) is 5.67 Å². The first-order valence-electron chi connectivity index (χ1n) is 4.52. The minimum absolute atomic E-state index is 0.633. The van der Waals surface area contributed by atoms with E-state index in [1.54, 1.807) is 18.7 Å². The highest BCUT2D eigenvalue weighted by Crippen LogP contribution is 2.42. The normalized spacial score (nSPS) is 27.0. The standard InChI is InChI=1S/C11H13FS/c1-8-3-4-10-9(7-8)11(2,12)5-6-13-10/h3-4,7H,5-6H2,1-2H3. The van der Waals surface area contributed by atoms with Crippen LogP contribution in [0.4, 0.5) is 4.39 Å². The van der Waals surface area contributed by atoms with Crippen LogP contribution in [0.25, 0.3) is 0 Å². The first-order valence-corrected chi connectivity index (χ1v) is 5.51. The van der Waals surface area contributed by atoms with Crippen molar-refractivity contribution in [2.24, 2.45) is 0 Å². The molecular formula is C11H13FS. The molecule has 0 nitrogen and oxygen atoms in total. The number of fused-ring (bicyclic) bond motifs is 1. The Morgan fingerprint density at radius 1 is 1.46 bits per heavy atom. The number of alkyl halides is 1. The average molecular weight is 196 g/mol. The van der Waals surface area contributed by atoms with E-state index >= 15 is 0 Å². The molecule has 2 rings (SSSR count). The molecule has 1 aromatic carbocycles. The third-order valence-corrected chi connectivity index (χ3v) is 3.60. The van der Waals surface area contributed by atoms with E-state index in [-0.39, 0.29) is 0 Å². The molecule has 0 N–H and O–H groups in total. The first kappa shape index (κ1) is 9.07. The lowest BCUT2D eigenvalue weighted by Gasteiger charge is -2.28. The van der Waals surface area contributed by atoms with E-state index in [1.807, 2.05) is 25.1 Å². The molecule has 0 aliphatic carbocycles. The summed E-state index contributed by atoms with van der Waals surface area (Å²) in [4.78, 5) is 1.11. The summed E-state index contributed by atoms with van der Waals surface area (Å²) in [5.74, 6) is 0.892. The molecule has 1 aliphatic rings. The maximum absolute atomic E-state index is 14.0. The van der Waals surface area contributed by atoms with Gasteiger partial charge in [-0.05, 0) is 26.3 Å². The van der Waals surface area contributed by atoms with Crippen molar-refractivity contribution in [2.75, 3.05) is 5.75 Å². The number of thioether (sulfide) groups is 1. The SMILES string of the molecule is Cc1ccc2c(c1)C(C)(F)CCS2. The summed E-state index contributed by atoms with van der Waals surface area (Å²) in [6, 6.07) is 6.06. The van der Waals surface area contributed by atoms with E-state index in [9.17, 15) is 4.39 Å². The molecule has 2 heteroatoms. The van der Waals surface area contributed by atoms with Gasteiger partial charge in [0.05, 0.1) is 0 Å². The third kappa shape index (κ3) is 1.60. The van der Waals surface area contributed by atoms with Crippen molar-refractivity contribution in [1.29, 1.82) is 0 Å². The van der Waals surface area contributed by atoms with Crippen molar-refractivity contribution in [3.05, 3.63) is 29.3 Å². The van der Waals surface area contributed by atoms with Crippen molar-refractivity contribution in [3.63, 3.8) is 0 Å². The Morgan fingerprint density at radius 2 is 2.23 bits per heavy atom. The van der Waals surface area contributed by atoms with E-state index < -0.39 is 5.67 Å². The topological polar surface area (TPSA) is 0 Å². The molecule has 0 radical (unpaired) electrons. The maximum Gasteiger partial charge on any atom is 0.135 e. The smallest absolute Gasteiger partial charge is 0.135 e. The highest BCUT2D eigenvalue weighted by Gasteiger charge is 2.31. The Labute approximate surface area is 82.5 Å². The largest absolute Gasteiger partial charge is 0.239 e. The van der Waals surface area contributed by atoms with E-state index in [1.165, 1.54) is 0 Å². The zero-order valence-corrected chi connectivity index (χ0v) is 8.75. The molecule has 13 heavy (non-hydrogen) atoms. The first-order chi connectivity index (χ1) is 6.09. The highest BCUT2D eigenvalue weighted by molar-refractivity contribution is 7.99. The van der Waals surface area contributed by atoms with E-state index in [4.69, 9.17) is 0 Å². The van der Waals surface area contributed by atoms with Crippen LogP contribution in [-0.2, 0) is 5.67 Å². The molecule has 0 aromatic heterocycles. The lowest BCUT2D eigenvalue weighted by Crippen LogP contribution is -2.21. The fraction of sp³-hybridized carbons (Fsp3) is 0.455. The number of rotatable bonds is 0. The van der Waals surface area contributed by atoms with Gasteiger partial charge in [-0.2, -0.15) is 0 Å². The molecule has 0 fully saturated rings. The van der Waals surface area contributed by atoms with Crippen LogP contribution < -0.4 is 0 Å². The molecule has 0 amide bonds. The Balaban J connectivity index is 2.55. The van der Waals surface area contributed by atoms with Gasteiger partial charge in [0.2, 0.25) is 0 Å². The van der Waals surface area contributed by atoms with Crippen molar-refractivity contribution >= 4 is 11.8 Å². The van der Waals surface area contributed by atoms with Crippen LogP contribution in [0.3, 0.4) is 0 Å². The molecule has 0 saturated heterocycles. The number of aryl methyl sites for hydroxylation is 1. The lowest BCUT2D eigenvalue weighted by atomic mass is 9.93. The van der Waals surface area contributed by atoms with Gasteiger partial charge in [-0.3, -0.25) is 0 Å². The van der Waals surface area contributed by atoms with Crippen LogP contribution >= 0.6 is 11.8 Å². The van der Waals surface area contributed by atoms with Gasteiger partial charge >= 0.3 is 0 Å². The Kier molecular flexibility index (Phi) is 2.11. The molecular weight excluding hydrogens is 183 g/mol. The van der Waals surface area contributed by atoms with Gasteiger partial charge in [-0.1, -0.05) is 17.7 Å². The minimum atomic E-state index is -1.12. The van der Waals surface area contributed by atoms with Gasteiger partial charge in [-0.15, -0.1) is 11.8 Å². The van der Waals surface area contributed by atoms with Gasteiger partial charge in [0, 0.05) is 16.2 Å². The second kappa shape index (κ2) is 3.02. The Bertz CT molecular complexity index is 331. The molecule has 0 spiro atoms. The molecule has 1 atom stereocenters. The summed E-state index contributed by atoms with van der Waals surface area (Å²) < 4.78 is 14.0. The number of hydrogen-bond donors (Lipinski definition) is 0. The molecule has 1 aromatic rings. The second-order valence-corrected chi connectivity index (χ2v) is 4.93. The van der Waals surface area contributed by atoms with Gasteiger partial charge in [-0.25, -0.2) is 4.39 Å². The maximum atomic E-state index is 14.0. The predicted molar refractivity (Wildman–Crippen MR) is 55.0 cm³/mol. The van der Waals surface area contributed by atoms with E-state index in [2.05, 4.69) is 0 Å². The highest BCUT2D eigenvalue weighted by atomic mass is 32.2. The average Bonchev–Trinajstić information content (AvgIpc) is 2.06. The van der Waals surface area contributed by atoms with Crippen molar-refractivity contribution < 1.29 is 4.39 Å². The summed E-state index contributed by atoms with van der Waals surface area (Å²) in [6.45, 7) is 3.70. The molecule has 0 bridgehead atoms. The fourth-order valence-electron chi connectivity index (χ4n) is 1.66. The lowest BCUT2D eigenvalue weighted by molar-refractivity contribution is 0.180. The summed E-state index contributed by atoms with van der Waals surface area (Å²) in [5.41, 5.74) is 0.904. The third-order valence-electron chi connectivity index (χ3n) is 2.53. The van der Waals surface area contributed by atoms with Crippen LogP contribution in [0.2, 0.25) is 0 Å². The predicted octanol–water partition coefficient (Wildman–Crippen LogP) is 3.68. The van der Waals surface area contributed by atoms with Crippen LogP contribution in [0, 0.1) is 6.92 Å². The van der Waals surface area contributed by atoms with Crippen molar-refractivity contribution in [2.45, 2.75) is 30.8 Å². The zero-order valence-electron chi connectivity index (χ0n) is 7.93. The minimum Gasteiger partial charge on any atom is -0.239 e. The van der Waals surface area contributed by atoms with Gasteiger partial charge in [0.25, 0.3) is 0 Å². The van der Waals surface area contributed by atoms with Crippen molar-refractivity contribution in [3.8, 4) is 0 Å². The molecule has 70 valence electrons. The van der Waals surface area contributed by atoms with Crippen LogP contribution in [0.1, 0.15) is 24.5 Å². The summed E-state index contributed by atoms with van der Waals surface area (Å²) in [6.07, 6.45) is 0.633. The number of benzene rings is 1. The Hall–Kier alpha value is -0.500. The quantitative estimate of drug-likeness (QED) is 0.610. The second-order valence-electron chi connectivity index (χ2n) is 3.80. The molecule has 1 heterocycles. The van der Waals surface area contributed by atoms with Crippen LogP contribution in [0.15, 0.2) is 23.1 Å². The summed E-state index contributed by atoms with van der Waals surface area (Å²) in [7, 11) is 0. The summed E-state index contributed by atoms with van der Waals surface area (Å²) >= 11 is 1.76.